The summed E-state index contributed by atoms with van der Waals surface area (Å²) in [6, 6.07) is 43.9. The zero-order valence-electron chi connectivity index (χ0n) is 28.5. The Morgan fingerprint density at radius 2 is 0.771 bits per heavy atom. The van der Waals surface area contributed by atoms with E-state index < -0.39 is 16.6 Å². The fraction of sp³-hybridized carbons (Fsp3) is 0.308. The first kappa shape index (κ1) is 36.0. The van der Waals surface area contributed by atoms with E-state index in [0.29, 0.717) is 13.2 Å². The molecule has 2 atom stereocenters. The van der Waals surface area contributed by atoms with Crippen molar-refractivity contribution in [3.05, 3.63) is 124 Å². The molecule has 250 valence electrons. The van der Waals surface area contributed by atoms with E-state index in [1.165, 1.54) is 29.2 Å². The first-order valence-corrected chi connectivity index (χ1v) is 24.0. The maximum atomic E-state index is 7.57. The van der Waals surface area contributed by atoms with E-state index in [2.05, 4.69) is 163 Å². The maximum Gasteiger partial charge on any atom is 0.261 e. The lowest BCUT2D eigenvalue weighted by Gasteiger charge is -2.45. The van der Waals surface area contributed by atoms with E-state index in [1.807, 2.05) is 23.5 Å². The van der Waals surface area contributed by atoms with Gasteiger partial charge in [0.15, 0.2) is 0 Å². The van der Waals surface area contributed by atoms with Crippen molar-refractivity contribution in [2.45, 2.75) is 70.5 Å². The SMILES string of the molecule is CC(C)(C)[Si](OC[C@@H]1Sc2sc(=S)sc2S[C@@H]1CO[Si](c1ccccc1)(c1ccccc1)C(C)(C)C)(c1ccccc1)c1ccccc1. The average Bonchev–Trinajstić information content (AvgIpc) is 3.44. The van der Waals surface area contributed by atoms with Crippen LogP contribution in [0.25, 0.3) is 0 Å². The molecule has 0 amide bonds. The second kappa shape index (κ2) is 14.8. The Hall–Kier alpha value is -1.80. The van der Waals surface area contributed by atoms with Gasteiger partial charge in [-0.3, -0.25) is 0 Å². The molecule has 0 saturated heterocycles. The molecule has 0 aliphatic carbocycles. The van der Waals surface area contributed by atoms with Gasteiger partial charge in [0.05, 0.1) is 8.42 Å². The van der Waals surface area contributed by atoms with E-state index in [0.717, 1.165) is 3.14 Å². The number of hydrogen-bond acceptors (Lipinski definition) is 7. The van der Waals surface area contributed by atoms with Crippen molar-refractivity contribution in [1.82, 2.24) is 0 Å². The van der Waals surface area contributed by atoms with Crippen molar-refractivity contribution >= 4 is 95.8 Å². The molecule has 5 aromatic rings. The summed E-state index contributed by atoms with van der Waals surface area (Å²) in [5, 5.41) is 5.45. The van der Waals surface area contributed by atoms with E-state index >= 15 is 0 Å². The van der Waals surface area contributed by atoms with Gasteiger partial charge in [-0.25, -0.2) is 0 Å². The number of fused-ring (bicyclic) bond motifs is 1. The smallest absolute Gasteiger partial charge is 0.261 e. The van der Waals surface area contributed by atoms with Crippen LogP contribution in [0.3, 0.4) is 0 Å². The molecule has 0 N–H and O–H groups in total. The minimum atomic E-state index is -2.71. The fourth-order valence-electron chi connectivity index (χ4n) is 7.05. The van der Waals surface area contributed by atoms with Crippen LogP contribution in [0.5, 0.6) is 0 Å². The lowest BCUT2D eigenvalue weighted by Crippen LogP contribution is -2.68. The van der Waals surface area contributed by atoms with Crippen molar-refractivity contribution in [2.75, 3.05) is 13.2 Å². The highest BCUT2D eigenvalue weighted by atomic mass is 32.2. The first-order valence-electron chi connectivity index (χ1n) is 16.4. The van der Waals surface area contributed by atoms with Crippen molar-refractivity contribution in [1.29, 1.82) is 0 Å². The largest absolute Gasteiger partial charge is 0.406 e. The monoisotopic (exact) mass is 760 g/mol. The molecule has 9 heteroatoms. The van der Waals surface area contributed by atoms with Crippen molar-refractivity contribution < 1.29 is 8.85 Å². The van der Waals surface area contributed by atoms with Gasteiger partial charge in [0.1, 0.15) is 3.14 Å². The van der Waals surface area contributed by atoms with Crippen LogP contribution in [-0.4, -0.2) is 40.3 Å². The molecule has 1 aromatic heterocycles. The number of rotatable bonds is 10. The van der Waals surface area contributed by atoms with Crippen LogP contribution in [0.15, 0.2) is 130 Å². The molecule has 48 heavy (non-hydrogen) atoms. The van der Waals surface area contributed by atoms with Gasteiger partial charge in [-0.1, -0.05) is 175 Å². The molecule has 0 spiro atoms. The summed E-state index contributed by atoms with van der Waals surface area (Å²) >= 11 is 13.1. The fourth-order valence-corrected chi connectivity index (χ4v) is 23.2. The standard InChI is InChI=1S/C39H44O2S5Si2/c1-38(2,3)47(29-19-11-7-12-20-29,30-21-13-8-14-22-30)40-27-33-34(44-36-35(43-33)45-37(42)46-36)28-41-48(39(4,5)6,31-23-15-9-16-24-31)32-25-17-10-18-26-32/h7-26,33-34H,27-28H2,1-6H3/t33-,34+. The van der Waals surface area contributed by atoms with Crippen LogP contribution >= 0.6 is 58.4 Å². The van der Waals surface area contributed by atoms with Crippen molar-refractivity contribution in [3.63, 3.8) is 0 Å². The van der Waals surface area contributed by atoms with Crippen LogP contribution in [0.4, 0.5) is 0 Å². The number of hydrogen-bond donors (Lipinski definition) is 0. The Morgan fingerprint density at radius 1 is 0.500 bits per heavy atom. The summed E-state index contributed by atoms with van der Waals surface area (Å²) in [6.45, 7) is 15.4. The molecule has 0 radical (unpaired) electrons. The normalized spacial score (nSPS) is 17.2. The van der Waals surface area contributed by atoms with Crippen LogP contribution < -0.4 is 20.7 Å². The summed E-state index contributed by atoms with van der Waals surface area (Å²) in [5.74, 6) is 0. The predicted molar refractivity (Wildman–Crippen MR) is 219 cm³/mol. The molecule has 0 unspecified atom stereocenters. The summed E-state index contributed by atoms with van der Waals surface area (Å²) < 4.78 is 18.8. The molecule has 4 aromatic carbocycles. The third-order valence-electron chi connectivity index (χ3n) is 9.21. The van der Waals surface area contributed by atoms with Gasteiger partial charge in [-0.2, -0.15) is 0 Å². The quantitative estimate of drug-likeness (QED) is 0.104. The molecule has 1 aliphatic heterocycles. The summed E-state index contributed by atoms with van der Waals surface area (Å²) in [4.78, 5) is 0. The zero-order valence-corrected chi connectivity index (χ0v) is 34.6. The van der Waals surface area contributed by atoms with Crippen LogP contribution in [-0.2, 0) is 8.85 Å². The Balaban J connectivity index is 1.40. The van der Waals surface area contributed by atoms with Crippen LogP contribution in [0, 0.1) is 3.14 Å². The summed E-state index contributed by atoms with van der Waals surface area (Å²) in [7, 11) is -5.43. The summed E-state index contributed by atoms with van der Waals surface area (Å²) in [5.41, 5.74) is 0. The Labute approximate surface area is 310 Å². The molecule has 6 rings (SSSR count). The lowest BCUT2D eigenvalue weighted by atomic mass is 10.2. The van der Waals surface area contributed by atoms with Gasteiger partial charge >= 0.3 is 0 Å². The highest BCUT2D eigenvalue weighted by Crippen LogP contribution is 2.52. The Morgan fingerprint density at radius 3 is 1.02 bits per heavy atom. The van der Waals surface area contributed by atoms with E-state index in [4.69, 9.17) is 21.1 Å². The average molecular weight is 761 g/mol. The molecule has 2 heterocycles. The van der Waals surface area contributed by atoms with Crippen LogP contribution in [0.1, 0.15) is 41.5 Å². The van der Waals surface area contributed by atoms with E-state index in [-0.39, 0.29) is 20.6 Å². The second-order valence-electron chi connectivity index (χ2n) is 14.3. The van der Waals surface area contributed by atoms with Gasteiger partial charge < -0.3 is 8.85 Å². The van der Waals surface area contributed by atoms with Gasteiger partial charge in [0.2, 0.25) is 0 Å². The number of benzene rings is 4. The minimum absolute atomic E-state index is 0.0902. The topological polar surface area (TPSA) is 18.5 Å². The van der Waals surface area contributed by atoms with E-state index in [1.54, 1.807) is 22.7 Å². The first-order chi connectivity index (χ1) is 23.0. The van der Waals surface area contributed by atoms with Crippen molar-refractivity contribution in [3.8, 4) is 0 Å². The highest BCUT2D eigenvalue weighted by molar-refractivity contribution is 8.09. The molecular formula is C39H44O2S5Si2. The molecule has 1 aliphatic rings. The second-order valence-corrected chi connectivity index (χ2v) is 29.1. The molecular weight excluding hydrogens is 717 g/mol. The Kier molecular flexibility index (Phi) is 11.1. The third-order valence-corrected chi connectivity index (χ3v) is 25.5. The Bertz CT molecular complexity index is 1620. The maximum absolute atomic E-state index is 7.57. The molecule has 2 nitrogen and oxygen atoms in total. The van der Waals surface area contributed by atoms with Gasteiger partial charge in [0.25, 0.3) is 16.6 Å². The van der Waals surface area contributed by atoms with Gasteiger partial charge in [-0.15, -0.1) is 46.2 Å². The van der Waals surface area contributed by atoms with E-state index in [9.17, 15) is 0 Å². The van der Waals surface area contributed by atoms with Gasteiger partial charge in [-0.05, 0) is 30.8 Å². The number of thioether (sulfide) groups is 2. The lowest BCUT2D eigenvalue weighted by molar-refractivity contribution is 0.259. The van der Waals surface area contributed by atoms with Crippen LogP contribution in [0.2, 0.25) is 10.1 Å². The predicted octanol–water partition coefficient (Wildman–Crippen LogP) is 9.63. The molecule has 0 fully saturated rings. The van der Waals surface area contributed by atoms with Gasteiger partial charge in [0, 0.05) is 23.7 Å². The molecule has 0 bridgehead atoms. The third kappa shape index (κ3) is 7.05. The van der Waals surface area contributed by atoms with Crippen molar-refractivity contribution in [2.24, 2.45) is 0 Å². The summed E-state index contributed by atoms with van der Waals surface area (Å²) in [6.07, 6.45) is 0. The molecule has 0 saturated carbocycles. The highest BCUT2D eigenvalue weighted by Gasteiger charge is 2.53. The zero-order chi connectivity index (χ0) is 34.0. The minimum Gasteiger partial charge on any atom is -0.406 e.